The number of aromatic nitrogens is 4. The van der Waals surface area contributed by atoms with Crippen LogP contribution in [0.2, 0.25) is 0 Å². The van der Waals surface area contributed by atoms with Crippen LogP contribution in [0.15, 0.2) is 155 Å². The van der Waals surface area contributed by atoms with E-state index >= 15 is 0 Å². The van der Waals surface area contributed by atoms with E-state index in [1.807, 2.05) is 60.8 Å². The van der Waals surface area contributed by atoms with Gasteiger partial charge < -0.3 is 13.4 Å². The normalized spacial score (nSPS) is 11.8. The number of aryl methyl sites for hydroxylation is 1. The SMILES string of the molecule is CC(C)(C)c1ccnc(-c2[c-]cccc2)n1.Cc1ccc2c(c1)nc(-c1[c-]ccc3c1oc1c3ccc3oc4ccccc4c31)n2-c1c(C(C)C)cc(-c2ccccc2)cc1C(C)C.[Ir]. The summed E-state index contributed by atoms with van der Waals surface area (Å²) < 4.78 is 15.5. The fourth-order valence-corrected chi connectivity index (χ4v) is 8.81. The Hall–Kier alpha value is -6.66. The van der Waals surface area contributed by atoms with Crippen molar-refractivity contribution in [3.05, 3.63) is 180 Å². The molecule has 0 fully saturated rings. The summed E-state index contributed by atoms with van der Waals surface area (Å²) in [5, 5.41) is 4.13. The molecule has 1 radical (unpaired) electrons. The maximum atomic E-state index is 6.92. The number of imidazole rings is 1. The number of fused-ring (bicyclic) bond motifs is 8. The van der Waals surface area contributed by atoms with Crippen LogP contribution in [0.3, 0.4) is 0 Å². The van der Waals surface area contributed by atoms with Gasteiger partial charge in [-0.05, 0) is 95.1 Å². The second-order valence-corrected chi connectivity index (χ2v) is 18.3. The monoisotopic (exact) mass is 1030 g/mol. The Morgan fingerprint density at radius 1 is 0.615 bits per heavy atom. The van der Waals surface area contributed by atoms with Gasteiger partial charge in [0.05, 0.1) is 33.7 Å². The molecule has 0 bridgehead atoms. The molecule has 0 aliphatic heterocycles. The van der Waals surface area contributed by atoms with Crippen molar-refractivity contribution < 1.29 is 28.9 Å². The van der Waals surface area contributed by atoms with Crippen LogP contribution in [0, 0.1) is 19.1 Å². The molecule has 7 heteroatoms. The largest absolute Gasteiger partial charge is 0.500 e. The zero-order valence-electron chi connectivity index (χ0n) is 37.9. The van der Waals surface area contributed by atoms with Crippen molar-refractivity contribution >= 4 is 54.9 Å². The molecule has 0 unspecified atom stereocenters. The molecule has 325 valence electrons. The van der Waals surface area contributed by atoms with Gasteiger partial charge >= 0.3 is 0 Å². The van der Waals surface area contributed by atoms with E-state index in [4.69, 9.17) is 13.8 Å². The molecule has 0 amide bonds. The number of para-hydroxylation sites is 1. The van der Waals surface area contributed by atoms with Gasteiger partial charge in [0.15, 0.2) is 0 Å². The summed E-state index contributed by atoms with van der Waals surface area (Å²) in [6.07, 6.45) is 1.81. The molecule has 0 aliphatic rings. The standard InChI is InChI=1S/C44H35N2O2.C14H15N2.Ir/c1-25(2)34-23-29(28-12-7-6-8-13-28)24-35(26(3)4)41(34)46-37-20-18-27(5)22-36(37)45-44(46)33-16-11-15-30-31-19-21-39-40(43(31)48-42(30)33)32-14-9-10-17-38(32)47-39;1-14(2,3)12-9-10-15-13(16-12)11-7-5-4-6-8-11;/h6-15,17-26H,1-5H3;4-7,9-10H,1-3H3;/q2*-1;. The molecular weight excluding hydrogens is 977 g/mol. The third kappa shape index (κ3) is 7.98. The van der Waals surface area contributed by atoms with Gasteiger partial charge in [-0.25, -0.2) is 0 Å². The van der Waals surface area contributed by atoms with Gasteiger partial charge in [-0.1, -0.05) is 114 Å². The smallest absolute Gasteiger partial charge is 0.139 e. The van der Waals surface area contributed by atoms with Crippen LogP contribution in [0.1, 0.15) is 82.7 Å². The molecule has 0 saturated heterocycles. The van der Waals surface area contributed by atoms with E-state index in [2.05, 4.69) is 167 Å². The maximum absolute atomic E-state index is 6.92. The molecule has 7 aromatic carbocycles. The van der Waals surface area contributed by atoms with Crippen LogP contribution in [0.4, 0.5) is 0 Å². The first-order valence-corrected chi connectivity index (χ1v) is 22.2. The number of rotatable bonds is 6. The Morgan fingerprint density at radius 2 is 1.34 bits per heavy atom. The van der Waals surface area contributed by atoms with Gasteiger partial charge in [0.1, 0.15) is 16.7 Å². The molecule has 6 nitrogen and oxygen atoms in total. The zero-order chi connectivity index (χ0) is 44.3. The third-order valence-electron chi connectivity index (χ3n) is 12.1. The summed E-state index contributed by atoms with van der Waals surface area (Å²) in [4.78, 5) is 14.2. The van der Waals surface area contributed by atoms with Crippen molar-refractivity contribution in [3.63, 3.8) is 0 Å². The van der Waals surface area contributed by atoms with Crippen molar-refractivity contribution in [2.75, 3.05) is 0 Å². The van der Waals surface area contributed by atoms with Gasteiger partial charge in [0.25, 0.3) is 0 Å². The fourth-order valence-electron chi connectivity index (χ4n) is 8.81. The molecule has 4 aromatic heterocycles. The van der Waals surface area contributed by atoms with Crippen LogP contribution in [0.5, 0.6) is 0 Å². The average molecular weight is 1030 g/mol. The fraction of sp³-hybridized carbons (Fsp3) is 0.190. The van der Waals surface area contributed by atoms with E-state index in [0.29, 0.717) is 0 Å². The number of nitrogens with zero attached hydrogens (tertiary/aromatic N) is 4. The summed E-state index contributed by atoms with van der Waals surface area (Å²) in [6.45, 7) is 17.7. The predicted molar refractivity (Wildman–Crippen MR) is 263 cm³/mol. The Labute approximate surface area is 393 Å². The van der Waals surface area contributed by atoms with Crippen LogP contribution in [-0.2, 0) is 25.5 Å². The first-order valence-electron chi connectivity index (χ1n) is 22.2. The Kier molecular flexibility index (Phi) is 11.7. The molecule has 0 atom stereocenters. The molecule has 0 spiro atoms. The van der Waals surface area contributed by atoms with E-state index in [0.717, 1.165) is 83.4 Å². The molecule has 65 heavy (non-hydrogen) atoms. The van der Waals surface area contributed by atoms with E-state index in [-0.39, 0.29) is 37.4 Å². The molecule has 11 aromatic rings. The van der Waals surface area contributed by atoms with Gasteiger partial charge in [-0.2, -0.15) is 0 Å². The molecule has 0 saturated carbocycles. The molecular formula is C58H50IrN4O2-2. The minimum absolute atomic E-state index is 0. The van der Waals surface area contributed by atoms with Crippen molar-refractivity contribution in [1.82, 2.24) is 19.5 Å². The molecule has 0 aliphatic carbocycles. The Balaban J connectivity index is 0.000000266. The summed E-state index contributed by atoms with van der Waals surface area (Å²) in [7, 11) is 0. The third-order valence-corrected chi connectivity index (χ3v) is 12.1. The number of hydrogen-bond donors (Lipinski definition) is 0. The van der Waals surface area contributed by atoms with Crippen LogP contribution in [-0.4, -0.2) is 19.5 Å². The van der Waals surface area contributed by atoms with Gasteiger partial charge in [-0.15, -0.1) is 54.1 Å². The van der Waals surface area contributed by atoms with E-state index in [1.54, 1.807) is 0 Å². The predicted octanol–water partition coefficient (Wildman–Crippen LogP) is 15.8. The quantitative estimate of drug-likeness (QED) is 0.155. The minimum atomic E-state index is 0. The summed E-state index contributed by atoms with van der Waals surface area (Å²) in [5.41, 5.74) is 15.5. The first kappa shape index (κ1) is 43.6. The van der Waals surface area contributed by atoms with Gasteiger partial charge in [0.2, 0.25) is 0 Å². The van der Waals surface area contributed by atoms with Crippen LogP contribution >= 0.6 is 0 Å². The average Bonchev–Trinajstić information content (AvgIpc) is 4.00. The summed E-state index contributed by atoms with van der Waals surface area (Å²) in [6, 6.07) is 54.9. The zero-order valence-corrected chi connectivity index (χ0v) is 40.3. The van der Waals surface area contributed by atoms with Crippen LogP contribution in [0.25, 0.3) is 94.5 Å². The van der Waals surface area contributed by atoms with Gasteiger partial charge in [-0.3, -0.25) is 15.0 Å². The Morgan fingerprint density at radius 3 is 2.06 bits per heavy atom. The van der Waals surface area contributed by atoms with Crippen molar-refractivity contribution in [2.24, 2.45) is 0 Å². The topological polar surface area (TPSA) is 69.9 Å². The number of benzene rings is 7. The summed E-state index contributed by atoms with van der Waals surface area (Å²) in [5.74, 6) is 2.11. The van der Waals surface area contributed by atoms with E-state index < -0.39 is 0 Å². The number of furan rings is 2. The first-order chi connectivity index (χ1) is 30.9. The molecule has 4 heterocycles. The van der Waals surface area contributed by atoms with Crippen molar-refractivity contribution in [1.29, 1.82) is 0 Å². The second-order valence-electron chi connectivity index (χ2n) is 18.3. The van der Waals surface area contributed by atoms with Gasteiger partial charge in [0, 0.05) is 53.9 Å². The van der Waals surface area contributed by atoms with Crippen LogP contribution < -0.4 is 0 Å². The number of hydrogen-bond acceptors (Lipinski definition) is 5. The molecule has 11 rings (SSSR count). The second kappa shape index (κ2) is 17.4. The molecule has 0 N–H and O–H groups in total. The van der Waals surface area contributed by atoms with Crippen molar-refractivity contribution in [3.8, 4) is 39.6 Å². The maximum Gasteiger partial charge on any atom is 0.139 e. The van der Waals surface area contributed by atoms with E-state index in [1.165, 1.54) is 33.5 Å². The Bertz CT molecular complexity index is 3470. The minimum Gasteiger partial charge on any atom is -0.500 e. The van der Waals surface area contributed by atoms with E-state index in [9.17, 15) is 0 Å². The summed E-state index contributed by atoms with van der Waals surface area (Å²) >= 11 is 0. The van der Waals surface area contributed by atoms with Crippen molar-refractivity contribution in [2.45, 2.75) is 72.6 Å².